The molecule has 1 aliphatic rings. The normalized spacial score (nSPS) is 18.0. The smallest absolute Gasteiger partial charge is 0.132 e. The highest BCUT2D eigenvalue weighted by molar-refractivity contribution is 5.44. The molecule has 0 saturated carbocycles. The van der Waals surface area contributed by atoms with E-state index in [1.54, 1.807) is 7.11 Å². The molecular formula is C21H30N4O2. The number of aliphatic hydroxyl groups is 1. The number of aryl methyl sites for hydroxylation is 1. The summed E-state index contributed by atoms with van der Waals surface area (Å²) >= 11 is 0. The summed E-state index contributed by atoms with van der Waals surface area (Å²) in [6, 6.07) is 6.48. The van der Waals surface area contributed by atoms with Crippen LogP contribution in [0.1, 0.15) is 28.9 Å². The van der Waals surface area contributed by atoms with Crippen LogP contribution in [0.2, 0.25) is 0 Å². The Morgan fingerprint density at radius 3 is 2.67 bits per heavy atom. The van der Waals surface area contributed by atoms with Crippen molar-refractivity contribution in [1.82, 2.24) is 14.9 Å². The molecule has 2 aromatic rings. The average molecular weight is 370 g/mol. The maximum atomic E-state index is 9.58. The predicted octanol–water partition coefficient (Wildman–Crippen LogP) is 2.48. The monoisotopic (exact) mass is 370 g/mol. The zero-order valence-electron chi connectivity index (χ0n) is 16.8. The second kappa shape index (κ2) is 8.67. The van der Waals surface area contributed by atoms with Gasteiger partial charge >= 0.3 is 0 Å². The largest absolute Gasteiger partial charge is 0.496 e. The van der Waals surface area contributed by atoms with Crippen molar-refractivity contribution >= 4 is 5.82 Å². The molecule has 1 aromatic carbocycles. The van der Waals surface area contributed by atoms with Crippen molar-refractivity contribution in [3.8, 4) is 5.75 Å². The van der Waals surface area contributed by atoms with Crippen molar-refractivity contribution in [1.29, 1.82) is 0 Å². The molecule has 1 N–H and O–H groups in total. The Balaban J connectivity index is 1.76. The second-order valence-corrected chi connectivity index (χ2v) is 7.22. The van der Waals surface area contributed by atoms with E-state index in [-0.39, 0.29) is 6.61 Å². The fourth-order valence-electron chi connectivity index (χ4n) is 3.81. The third-order valence-electron chi connectivity index (χ3n) is 5.60. The molecule has 0 unspecified atom stereocenters. The quantitative estimate of drug-likeness (QED) is 0.843. The first-order valence-corrected chi connectivity index (χ1v) is 9.56. The molecule has 27 heavy (non-hydrogen) atoms. The lowest BCUT2D eigenvalue weighted by Crippen LogP contribution is -2.53. The van der Waals surface area contributed by atoms with Gasteiger partial charge in [0.2, 0.25) is 0 Å². The summed E-state index contributed by atoms with van der Waals surface area (Å²) < 4.78 is 5.44. The number of ether oxygens (including phenoxy) is 1. The first-order chi connectivity index (χ1) is 13.0. The SMILES string of the molecule is COc1ccc(CN2CCN(c3ccnc(C)n3)C[C@@H]2CCO)c(C)c1C. The number of anilines is 1. The third-order valence-corrected chi connectivity index (χ3v) is 5.60. The van der Waals surface area contributed by atoms with Crippen LogP contribution in [-0.2, 0) is 6.54 Å². The van der Waals surface area contributed by atoms with E-state index in [1.165, 1.54) is 16.7 Å². The Kier molecular flexibility index (Phi) is 6.29. The van der Waals surface area contributed by atoms with Crippen molar-refractivity contribution in [2.24, 2.45) is 0 Å². The zero-order valence-corrected chi connectivity index (χ0v) is 16.8. The van der Waals surface area contributed by atoms with Crippen LogP contribution in [0, 0.1) is 20.8 Å². The molecule has 1 fully saturated rings. The maximum Gasteiger partial charge on any atom is 0.132 e. The molecule has 1 aromatic heterocycles. The minimum absolute atomic E-state index is 0.193. The van der Waals surface area contributed by atoms with Crippen LogP contribution in [0.4, 0.5) is 5.82 Å². The Bertz CT molecular complexity index is 781. The average Bonchev–Trinajstić information content (AvgIpc) is 2.67. The van der Waals surface area contributed by atoms with E-state index in [0.29, 0.717) is 6.04 Å². The Hall–Kier alpha value is -2.18. The topological polar surface area (TPSA) is 61.7 Å². The minimum Gasteiger partial charge on any atom is -0.496 e. The molecule has 1 aliphatic heterocycles. The summed E-state index contributed by atoms with van der Waals surface area (Å²) in [5, 5.41) is 9.58. The molecule has 1 atom stereocenters. The number of rotatable bonds is 6. The fraction of sp³-hybridized carbons (Fsp3) is 0.524. The van der Waals surface area contributed by atoms with Gasteiger partial charge in [-0.05, 0) is 56.0 Å². The Labute approximate surface area is 161 Å². The first-order valence-electron chi connectivity index (χ1n) is 9.56. The predicted molar refractivity (Wildman–Crippen MR) is 107 cm³/mol. The van der Waals surface area contributed by atoms with Crippen LogP contribution in [0.15, 0.2) is 24.4 Å². The van der Waals surface area contributed by atoms with E-state index in [0.717, 1.165) is 50.0 Å². The van der Waals surface area contributed by atoms with Gasteiger partial charge in [0.25, 0.3) is 0 Å². The van der Waals surface area contributed by atoms with Crippen LogP contribution < -0.4 is 9.64 Å². The summed E-state index contributed by atoms with van der Waals surface area (Å²) in [7, 11) is 1.72. The van der Waals surface area contributed by atoms with Gasteiger partial charge in [-0.25, -0.2) is 9.97 Å². The van der Waals surface area contributed by atoms with Gasteiger partial charge in [-0.15, -0.1) is 0 Å². The van der Waals surface area contributed by atoms with Gasteiger partial charge in [0.15, 0.2) is 0 Å². The molecule has 6 nitrogen and oxygen atoms in total. The molecule has 0 spiro atoms. The molecule has 6 heteroatoms. The summed E-state index contributed by atoms with van der Waals surface area (Å²) in [4.78, 5) is 13.5. The molecular weight excluding hydrogens is 340 g/mol. The van der Waals surface area contributed by atoms with Crippen molar-refractivity contribution in [2.45, 2.75) is 39.8 Å². The second-order valence-electron chi connectivity index (χ2n) is 7.22. The number of methoxy groups -OCH3 is 1. The number of aliphatic hydroxyl groups excluding tert-OH is 1. The van der Waals surface area contributed by atoms with E-state index in [1.807, 2.05) is 19.2 Å². The fourth-order valence-corrected chi connectivity index (χ4v) is 3.81. The molecule has 146 valence electrons. The van der Waals surface area contributed by atoms with Gasteiger partial charge in [-0.1, -0.05) is 6.07 Å². The highest BCUT2D eigenvalue weighted by Gasteiger charge is 2.28. The maximum absolute atomic E-state index is 9.58. The summed E-state index contributed by atoms with van der Waals surface area (Å²) in [6.07, 6.45) is 2.57. The number of benzene rings is 1. The molecule has 2 heterocycles. The first kappa shape index (κ1) is 19.6. The van der Waals surface area contributed by atoms with Crippen LogP contribution in [0.5, 0.6) is 5.75 Å². The van der Waals surface area contributed by atoms with Gasteiger partial charge in [0.1, 0.15) is 17.4 Å². The standard InChI is InChI=1S/C21H30N4O2/c1-15-16(2)20(27-4)6-5-18(15)13-24-10-11-25(14-19(24)8-12-26)21-7-9-22-17(3)23-21/h5-7,9,19,26H,8,10-14H2,1-4H3/t19-/m0/s1. The van der Waals surface area contributed by atoms with Gasteiger partial charge in [0, 0.05) is 45.0 Å². The van der Waals surface area contributed by atoms with Crippen LogP contribution >= 0.6 is 0 Å². The Morgan fingerprint density at radius 1 is 1.15 bits per heavy atom. The van der Waals surface area contributed by atoms with E-state index < -0.39 is 0 Å². The van der Waals surface area contributed by atoms with E-state index in [2.05, 4.69) is 45.7 Å². The van der Waals surface area contributed by atoms with Gasteiger partial charge in [-0.3, -0.25) is 4.90 Å². The highest BCUT2D eigenvalue weighted by Crippen LogP contribution is 2.27. The van der Waals surface area contributed by atoms with Crippen LogP contribution in [-0.4, -0.2) is 59.4 Å². The lowest BCUT2D eigenvalue weighted by molar-refractivity contribution is 0.135. The molecule has 0 aliphatic carbocycles. The number of piperazine rings is 1. The summed E-state index contributed by atoms with van der Waals surface area (Å²) in [5.74, 6) is 2.70. The van der Waals surface area contributed by atoms with Gasteiger partial charge < -0.3 is 14.7 Å². The number of hydrogen-bond donors (Lipinski definition) is 1. The van der Waals surface area contributed by atoms with Crippen LogP contribution in [0.25, 0.3) is 0 Å². The lowest BCUT2D eigenvalue weighted by atomic mass is 10.00. The van der Waals surface area contributed by atoms with Crippen LogP contribution in [0.3, 0.4) is 0 Å². The summed E-state index contributed by atoms with van der Waals surface area (Å²) in [5.41, 5.74) is 3.80. The van der Waals surface area contributed by atoms with Crippen molar-refractivity contribution < 1.29 is 9.84 Å². The van der Waals surface area contributed by atoms with Gasteiger partial charge in [0.05, 0.1) is 7.11 Å². The molecule has 0 radical (unpaired) electrons. The number of aromatic nitrogens is 2. The molecule has 1 saturated heterocycles. The highest BCUT2D eigenvalue weighted by atomic mass is 16.5. The Morgan fingerprint density at radius 2 is 1.96 bits per heavy atom. The van der Waals surface area contributed by atoms with E-state index in [4.69, 9.17) is 4.74 Å². The van der Waals surface area contributed by atoms with Crippen molar-refractivity contribution in [2.75, 3.05) is 38.3 Å². The lowest BCUT2D eigenvalue weighted by Gasteiger charge is -2.42. The number of nitrogens with zero attached hydrogens (tertiary/aromatic N) is 4. The third kappa shape index (κ3) is 4.39. The minimum atomic E-state index is 0.193. The van der Waals surface area contributed by atoms with E-state index >= 15 is 0 Å². The van der Waals surface area contributed by atoms with Crippen molar-refractivity contribution in [3.63, 3.8) is 0 Å². The molecule has 0 amide bonds. The van der Waals surface area contributed by atoms with E-state index in [9.17, 15) is 5.11 Å². The molecule has 0 bridgehead atoms. The van der Waals surface area contributed by atoms with Gasteiger partial charge in [-0.2, -0.15) is 0 Å². The zero-order chi connectivity index (χ0) is 19.4. The number of hydrogen-bond acceptors (Lipinski definition) is 6. The summed E-state index contributed by atoms with van der Waals surface area (Å²) in [6.45, 7) is 10.00. The molecule has 3 rings (SSSR count). The van der Waals surface area contributed by atoms with Crippen molar-refractivity contribution in [3.05, 3.63) is 46.9 Å².